The zero-order chi connectivity index (χ0) is 16.4. The van der Waals surface area contributed by atoms with Gasteiger partial charge in [0.2, 0.25) is 0 Å². The summed E-state index contributed by atoms with van der Waals surface area (Å²) in [6.45, 7) is 0.947. The summed E-state index contributed by atoms with van der Waals surface area (Å²) in [6, 6.07) is 10.8. The van der Waals surface area contributed by atoms with Crippen LogP contribution in [0.3, 0.4) is 0 Å². The molecule has 0 radical (unpaired) electrons. The Bertz CT molecular complexity index is 843. The largest absolute Gasteiger partial charge is 0.497 e. The van der Waals surface area contributed by atoms with Crippen LogP contribution in [-0.4, -0.2) is 21.4 Å². The fourth-order valence-corrected chi connectivity index (χ4v) is 3.28. The molecule has 6 nitrogen and oxygen atoms in total. The fraction of sp³-hybridized carbons (Fsp3) is 0.188. The number of nitrogens with one attached hydrogen (secondary N) is 1. The summed E-state index contributed by atoms with van der Waals surface area (Å²) in [7, 11) is -2.44. The third kappa shape index (κ3) is 3.20. The monoisotopic (exact) mass is 333 g/mol. The lowest BCUT2D eigenvalue weighted by molar-refractivity contribution is 0.0981. The SMILES string of the molecule is COc1ccc(S(=O)(=O)NC(=O)c2ccc3c(c2)COC3)cc1. The summed E-state index contributed by atoms with van der Waals surface area (Å²) >= 11 is 0. The lowest BCUT2D eigenvalue weighted by Crippen LogP contribution is -2.30. The summed E-state index contributed by atoms with van der Waals surface area (Å²) in [5, 5.41) is 0. The van der Waals surface area contributed by atoms with Gasteiger partial charge >= 0.3 is 0 Å². The molecule has 1 aliphatic rings. The van der Waals surface area contributed by atoms with Crippen molar-refractivity contribution in [3.63, 3.8) is 0 Å². The van der Waals surface area contributed by atoms with Gasteiger partial charge in [-0.2, -0.15) is 0 Å². The van der Waals surface area contributed by atoms with E-state index < -0.39 is 15.9 Å². The third-order valence-electron chi connectivity index (χ3n) is 3.58. The lowest BCUT2D eigenvalue weighted by Gasteiger charge is -2.08. The van der Waals surface area contributed by atoms with Crippen molar-refractivity contribution in [3.05, 3.63) is 59.2 Å². The van der Waals surface area contributed by atoms with E-state index in [9.17, 15) is 13.2 Å². The van der Waals surface area contributed by atoms with Gasteiger partial charge in [0.25, 0.3) is 15.9 Å². The van der Waals surface area contributed by atoms with Crippen LogP contribution in [0.5, 0.6) is 5.75 Å². The van der Waals surface area contributed by atoms with E-state index in [0.29, 0.717) is 19.0 Å². The average Bonchev–Trinajstić information content (AvgIpc) is 3.02. The van der Waals surface area contributed by atoms with Crippen LogP contribution in [0.25, 0.3) is 0 Å². The van der Waals surface area contributed by atoms with E-state index in [4.69, 9.17) is 9.47 Å². The molecule has 3 rings (SSSR count). The van der Waals surface area contributed by atoms with Crippen molar-refractivity contribution in [2.24, 2.45) is 0 Å². The second kappa shape index (κ2) is 6.02. The Morgan fingerprint density at radius 1 is 1.09 bits per heavy atom. The molecule has 120 valence electrons. The Morgan fingerprint density at radius 3 is 2.48 bits per heavy atom. The van der Waals surface area contributed by atoms with Gasteiger partial charge < -0.3 is 9.47 Å². The van der Waals surface area contributed by atoms with Crippen molar-refractivity contribution in [3.8, 4) is 5.75 Å². The van der Waals surface area contributed by atoms with E-state index in [1.54, 1.807) is 18.2 Å². The molecule has 23 heavy (non-hydrogen) atoms. The average molecular weight is 333 g/mol. The van der Waals surface area contributed by atoms with E-state index >= 15 is 0 Å². The molecule has 7 heteroatoms. The smallest absolute Gasteiger partial charge is 0.265 e. The maximum atomic E-state index is 12.3. The second-order valence-electron chi connectivity index (χ2n) is 5.09. The van der Waals surface area contributed by atoms with E-state index in [1.165, 1.54) is 31.4 Å². The quantitative estimate of drug-likeness (QED) is 0.923. The Hall–Kier alpha value is -2.38. The number of amides is 1. The van der Waals surface area contributed by atoms with Crippen molar-refractivity contribution in [1.82, 2.24) is 4.72 Å². The van der Waals surface area contributed by atoms with Gasteiger partial charge in [-0.15, -0.1) is 0 Å². The number of carbonyl (C=O) groups is 1. The molecule has 1 aliphatic heterocycles. The molecule has 0 saturated heterocycles. The number of sulfonamides is 1. The second-order valence-corrected chi connectivity index (χ2v) is 6.77. The van der Waals surface area contributed by atoms with E-state index in [-0.39, 0.29) is 10.5 Å². The number of rotatable bonds is 4. The summed E-state index contributed by atoms with van der Waals surface area (Å²) < 4.78 is 36.8. The highest BCUT2D eigenvalue weighted by Gasteiger charge is 2.20. The van der Waals surface area contributed by atoms with Crippen molar-refractivity contribution in [1.29, 1.82) is 0 Å². The van der Waals surface area contributed by atoms with E-state index in [1.807, 2.05) is 0 Å². The predicted octanol–water partition coefficient (Wildman–Crippen LogP) is 1.84. The summed E-state index contributed by atoms with van der Waals surface area (Å²) in [4.78, 5) is 12.2. The van der Waals surface area contributed by atoms with Crippen LogP contribution in [0.4, 0.5) is 0 Å². The Balaban J connectivity index is 1.80. The maximum Gasteiger partial charge on any atom is 0.265 e. The number of hydrogen-bond donors (Lipinski definition) is 1. The van der Waals surface area contributed by atoms with Gasteiger partial charge in [-0.25, -0.2) is 13.1 Å². The first kappa shape index (κ1) is 15.5. The molecule has 1 heterocycles. The molecule has 2 aromatic carbocycles. The Kier molecular flexibility index (Phi) is 4.06. The molecule has 0 bridgehead atoms. The van der Waals surface area contributed by atoms with Crippen LogP contribution in [0.2, 0.25) is 0 Å². The van der Waals surface area contributed by atoms with Crippen molar-refractivity contribution >= 4 is 15.9 Å². The van der Waals surface area contributed by atoms with Crippen LogP contribution in [0, 0.1) is 0 Å². The highest BCUT2D eigenvalue weighted by atomic mass is 32.2. The number of methoxy groups -OCH3 is 1. The van der Waals surface area contributed by atoms with Gasteiger partial charge in [0.05, 0.1) is 25.2 Å². The molecule has 1 N–H and O–H groups in total. The molecule has 0 aliphatic carbocycles. The van der Waals surface area contributed by atoms with Gasteiger partial charge in [-0.1, -0.05) is 6.07 Å². The lowest BCUT2D eigenvalue weighted by atomic mass is 10.1. The first-order valence-corrected chi connectivity index (χ1v) is 8.39. The third-order valence-corrected chi connectivity index (χ3v) is 4.93. The summed E-state index contributed by atoms with van der Waals surface area (Å²) in [5.41, 5.74) is 2.20. The van der Waals surface area contributed by atoms with Gasteiger partial charge in [0.1, 0.15) is 5.75 Å². The van der Waals surface area contributed by atoms with Crippen LogP contribution in [0.15, 0.2) is 47.4 Å². The normalized spacial score (nSPS) is 13.4. The number of benzene rings is 2. The van der Waals surface area contributed by atoms with Gasteiger partial charge in [-0.3, -0.25) is 4.79 Å². The van der Waals surface area contributed by atoms with Gasteiger partial charge in [0, 0.05) is 5.56 Å². The molecular formula is C16H15NO5S. The first-order chi connectivity index (χ1) is 11.0. The molecule has 2 aromatic rings. The molecule has 0 aromatic heterocycles. The number of ether oxygens (including phenoxy) is 2. The molecule has 0 atom stereocenters. The molecule has 0 unspecified atom stereocenters. The number of fused-ring (bicyclic) bond motifs is 1. The highest BCUT2D eigenvalue weighted by Crippen LogP contribution is 2.21. The van der Waals surface area contributed by atoms with Crippen LogP contribution in [0.1, 0.15) is 21.5 Å². The molecular weight excluding hydrogens is 318 g/mol. The maximum absolute atomic E-state index is 12.3. The van der Waals surface area contributed by atoms with Crippen LogP contribution < -0.4 is 9.46 Å². The molecule has 1 amide bonds. The molecule has 0 spiro atoms. The molecule has 0 fully saturated rings. The minimum Gasteiger partial charge on any atom is -0.497 e. The minimum atomic E-state index is -3.93. The van der Waals surface area contributed by atoms with Gasteiger partial charge in [-0.05, 0) is 47.5 Å². The Morgan fingerprint density at radius 2 is 1.78 bits per heavy atom. The minimum absolute atomic E-state index is 0.00357. The zero-order valence-corrected chi connectivity index (χ0v) is 13.2. The topological polar surface area (TPSA) is 81.7 Å². The number of carbonyl (C=O) groups excluding carboxylic acids is 1. The highest BCUT2D eigenvalue weighted by molar-refractivity contribution is 7.90. The van der Waals surface area contributed by atoms with E-state index in [2.05, 4.69) is 4.72 Å². The first-order valence-electron chi connectivity index (χ1n) is 6.90. The standard InChI is InChI=1S/C16H15NO5S/c1-21-14-4-6-15(7-5-14)23(19,20)17-16(18)11-2-3-12-9-22-10-13(12)8-11/h2-8H,9-10H2,1H3,(H,17,18). The van der Waals surface area contributed by atoms with Crippen molar-refractivity contribution < 1.29 is 22.7 Å². The van der Waals surface area contributed by atoms with Crippen LogP contribution in [-0.2, 0) is 28.0 Å². The van der Waals surface area contributed by atoms with Crippen molar-refractivity contribution in [2.45, 2.75) is 18.1 Å². The summed E-state index contributed by atoms with van der Waals surface area (Å²) in [6.07, 6.45) is 0. The zero-order valence-electron chi connectivity index (χ0n) is 12.4. The molecule has 0 saturated carbocycles. The predicted molar refractivity (Wildman–Crippen MR) is 82.6 cm³/mol. The number of hydrogen-bond acceptors (Lipinski definition) is 5. The fourth-order valence-electron chi connectivity index (χ4n) is 2.31. The summed E-state index contributed by atoms with van der Waals surface area (Å²) in [5.74, 6) is -0.135. The van der Waals surface area contributed by atoms with Crippen molar-refractivity contribution in [2.75, 3.05) is 7.11 Å². The van der Waals surface area contributed by atoms with E-state index in [0.717, 1.165) is 11.1 Å². The van der Waals surface area contributed by atoms with Gasteiger partial charge in [0.15, 0.2) is 0 Å². The Labute approximate surface area is 134 Å². The van der Waals surface area contributed by atoms with Crippen LogP contribution >= 0.6 is 0 Å².